The molecule has 5 atom stereocenters. The number of aliphatic hydroxyl groups excluding tert-OH is 1. The third-order valence-electron chi connectivity index (χ3n) is 8.11. The molecule has 1 aliphatic carbocycles. The summed E-state index contributed by atoms with van der Waals surface area (Å²) >= 11 is 0. The number of aliphatic hydroxyl groups is 1. The monoisotopic (exact) mass is 571 g/mol. The summed E-state index contributed by atoms with van der Waals surface area (Å²) in [5.41, 5.74) is 5.77. The summed E-state index contributed by atoms with van der Waals surface area (Å²) < 4.78 is 40.8. The Kier molecular flexibility index (Phi) is 7.80. The summed E-state index contributed by atoms with van der Waals surface area (Å²) in [4.78, 5) is 42.6. The van der Waals surface area contributed by atoms with Crippen molar-refractivity contribution in [3.05, 3.63) is 71.9 Å². The highest BCUT2D eigenvalue weighted by atomic mass is 19.4. The fourth-order valence-corrected chi connectivity index (χ4v) is 5.93. The van der Waals surface area contributed by atoms with Crippen LogP contribution in [0.1, 0.15) is 47.7 Å². The average Bonchev–Trinajstić information content (AvgIpc) is 3.23. The topological polar surface area (TPSA) is 141 Å². The number of benzene rings is 2. The van der Waals surface area contributed by atoms with Crippen molar-refractivity contribution in [2.75, 3.05) is 13.1 Å². The standard InChI is InChI=1S/C29H32F3N5O4/c30-29(31,32)23-11-6-12-37(23)16-24(38)28(15-19(28)17-7-2-1-3-8-17)36-27(41)22(14-25(33)39)35-26(40)21-13-18-9-4-5-10-20(18)34-21/h1-5,7-10,13,19,22-24,34,38H,6,11-12,14-16H2,(H2,33,39)(H,35,40)(H,36,41)/t19?,22-,23+,24?,28?/m0/s1. The quantitative estimate of drug-likeness (QED) is 0.255. The van der Waals surface area contributed by atoms with E-state index in [4.69, 9.17) is 5.73 Å². The van der Waals surface area contributed by atoms with E-state index in [1.807, 2.05) is 30.3 Å². The summed E-state index contributed by atoms with van der Waals surface area (Å²) in [5.74, 6) is -2.62. The van der Waals surface area contributed by atoms with Gasteiger partial charge in [-0.05, 0) is 43.5 Å². The van der Waals surface area contributed by atoms with E-state index in [2.05, 4.69) is 15.6 Å². The maximum atomic E-state index is 13.6. The number of halogens is 3. The first-order valence-electron chi connectivity index (χ1n) is 13.5. The number of aromatic nitrogens is 1. The van der Waals surface area contributed by atoms with Crippen molar-refractivity contribution in [3.8, 4) is 0 Å². The zero-order valence-corrected chi connectivity index (χ0v) is 22.2. The molecule has 41 heavy (non-hydrogen) atoms. The van der Waals surface area contributed by atoms with Crippen molar-refractivity contribution in [2.24, 2.45) is 5.73 Å². The van der Waals surface area contributed by atoms with E-state index in [0.717, 1.165) is 10.9 Å². The van der Waals surface area contributed by atoms with Crippen LogP contribution < -0.4 is 16.4 Å². The van der Waals surface area contributed by atoms with Gasteiger partial charge < -0.3 is 26.5 Å². The molecule has 1 saturated heterocycles. The molecule has 2 fully saturated rings. The molecule has 9 nitrogen and oxygen atoms in total. The van der Waals surface area contributed by atoms with Crippen LogP contribution in [0.5, 0.6) is 0 Å². The molecule has 5 rings (SSSR count). The molecule has 0 radical (unpaired) electrons. The van der Waals surface area contributed by atoms with Crippen LogP contribution in [-0.4, -0.2) is 75.7 Å². The number of alkyl halides is 3. The zero-order chi connectivity index (χ0) is 29.4. The Bertz CT molecular complexity index is 1400. The van der Waals surface area contributed by atoms with Crippen molar-refractivity contribution >= 4 is 28.6 Å². The van der Waals surface area contributed by atoms with Crippen molar-refractivity contribution in [2.45, 2.75) is 61.5 Å². The molecule has 1 aromatic heterocycles. The van der Waals surface area contributed by atoms with Crippen molar-refractivity contribution < 1.29 is 32.7 Å². The van der Waals surface area contributed by atoms with E-state index in [0.29, 0.717) is 11.9 Å². The van der Waals surface area contributed by atoms with Gasteiger partial charge in [0.05, 0.1) is 18.1 Å². The highest BCUT2D eigenvalue weighted by Gasteiger charge is 2.61. The van der Waals surface area contributed by atoms with Gasteiger partial charge in [-0.1, -0.05) is 48.5 Å². The highest BCUT2D eigenvalue weighted by Crippen LogP contribution is 2.54. The van der Waals surface area contributed by atoms with Crippen LogP contribution in [0.2, 0.25) is 0 Å². The van der Waals surface area contributed by atoms with E-state index < -0.39 is 54.0 Å². The summed E-state index contributed by atoms with van der Waals surface area (Å²) in [7, 11) is 0. The molecule has 6 N–H and O–H groups in total. The number of nitrogens with two attached hydrogens (primary N) is 1. The summed E-state index contributed by atoms with van der Waals surface area (Å²) in [6, 6.07) is 14.8. The van der Waals surface area contributed by atoms with Gasteiger partial charge >= 0.3 is 6.18 Å². The SMILES string of the molecule is NC(=O)C[C@H](NC(=O)c1cc2ccccc2[nH]1)C(=O)NC1(C(O)CN2CCC[C@@H]2C(F)(F)F)CC1c1ccccc1. The number of primary amides is 1. The van der Waals surface area contributed by atoms with Crippen molar-refractivity contribution in [1.29, 1.82) is 0 Å². The van der Waals surface area contributed by atoms with Gasteiger partial charge in [0, 0.05) is 23.4 Å². The number of hydrogen-bond acceptors (Lipinski definition) is 5. The third-order valence-corrected chi connectivity index (χ3v) is 8.11. The molecule has 12 heteroatoms. The summed E-state index contributed by atoms with van der Waals surface area (Å²) in [6.45, 7) is -0.123. The maximum Gasteiger partial charge on any atom is 0.404 e. The number of aromatic amines is 1. The number of nitrogens with zero attached hydrogens (tertiary/aromatic N) is 1. The molecule has 3 aromatic rings. The number of likely N-dealkylation sites (tertiary alicyclic amines) is 1. The number of rotatable bonds is 10. The van der Waals surface area contributed by atoms with Gasteiger partial charge in [-0.25, -0.2) is 0 Å². The number of β-amino-alcohol motifs (C(OH)–C–C–N with tert-alkyl or cyclic N) is 1. The first-order valence-corrected chi connectivity index (χ1v) is 13.5. The number of hydrogen-bond donors (Lipinski definition) is 5. The average molecular weight is 572 g/mol. The molecule has 1 aliphatic heterocycles. The Labute approximate surface area is 234 Å². The fraction of sp³-hybridized carbons (Fsp3) is 0.414. The Morgan fingerprint density at radius 1 is 1.12 bits per heavy atom. The first kappa shape index (κ1) is 28.6. The lowest BCUT2D eigenvalue weighted by atomic mass is 9.99. The molecule has 218 valence electrons. The minimum absolute atomic E-state index is 0.0574. The van der Waals surface area contributed by atoms with Crippen LogP contribution in [0.4, 0.5) is 13.2 Å². The normalized spacial score (nSPS) is 24.1. The molecule has 2 aliphatic rings. The van der Waals surface area contributed by atoms with Crippen LogP contribution in [0, 0.1) is 0 Å². The highest BCUT2D eigenvalue weighted by molar-refractivity contribution is 6.01. The number of nitrogens with one attached hydrogen (secondary N) is 3. The Hall–Kier alpha value is -3.90. The third kappa shape index (κ3) is 6.08. The van der Waals surface area contributed by atoms with E-state index in [1.54, 1.807) is 30.3 Å². The van der Waals surface area contributed by atoms with Crippen LogP contribution in [0.3, 0.4) is 0 Å². The van der Waals surface area contributed by atoms with Gasteiger partial charge in [0.2, 0.25) is 11.8 Å². The minimum Gasteiger partial charge on any atom is -0.389 e. The van der Waals surface area contributed by atoms with E-state index >= 15 is 0 Å². The van der Waals surface area contributed by atoms with Gasteiger partial charge in [-0.2, -0.15) is 13.2 Å². The second kappa shape index (κ2) is 11.2. The molecule has 2 aromatic carbocycles. The Morgan fingerprint density at radius 3 is 2.51 bits per heavy atom. The summed E-state index contributed by atoms with van der Waals surface area (Å²) in [6.07, 6.45) is -5.74. The molecule has 2 heterocycles. The van der Waals surface area contributed by atoms with Crippen molar-refractivity contribution in [3.63, 3.8) is 0 Å². The number of para-hydroxylation sites is 1. The van der Waals surface area contributed by atoms with E-state index in [1.165, 1.54) is 4.90 Å². The van der Waals surface area contributed by atoms with Crippen LogP contribution in [-0.2, 0) is 9.59 Å². The lowest BCUT2D eigenvalue weighted by Gasteiger charge is -2.33. The molecular formula is C29H32F3N5O4. The lowest BCUT2D eigenvalue weighted by molar-refractivity contribution is -0.179. The predicted molar refractivity (Wildman–Crippen MR) is 145 cm³/mol. The second-order valence-corrected chi connectivity index (χ2v) is 10.9. The fourth-order valence-electron chi connectivity index (χ4n) is 5.93. The molecular weight excluding hydrogens is 539 g/mol. The smallest absolute Gasteiger partial charge is 0.389 e. The van der Waals surface area contributed by atoms with Crippen molar-refractivity contribution in [1.82, 2.24) is 20.5 Å². The van der Waals surface area contributed by atoms with Gasteiger partial charge in [0.15, 0.2) is 0 Å². The molecule has 0 spiro atoms. The number of carbonyl (C=O) groups excluding carboxylic acids is 3. The van der Waals surface area contributed by atoms with Gasteiger partial charge in [-0.15, -0.1) is 0 Å². The number of carbonyl (C=O) groups is 3. The zero-order valence-electron chi connectivity index (χ0n) is 22.2. The first-order chi connectivity index (χ1) is 19.5. The number of fused-ring (bicyclic) bond motifs is 1. The van der Waals surface area contributed by atoms with E-state index in [-0.39, 0.29) is 37.5 Å². The van der Waals surface area contributed by atoms with Crippen LogP contribution in [0.15, 0.2) is 60.7 Å². The summed E-state index contributed by atoms with van der Waals surface area (Å²) in [5, 5.41) is 17.5. The number of amides is 3. The molecule has 3 amide bonds. The molecule has 0 bridgehead atoms. The number of H-pyrrole nitrogens is 1. The van der Waals surface area contributed by atoms with Crippen LogP contribution in [0.25, 0.3) is 10.9 Å². The second-order valence-electron chi connectivity index (χ2n) is 10.9. The van der Waals surface area contributed by atoms with Gasteiger partial charge in [-0.3, -0.25) is 19.3 Å². The Morgan fingerprint density at radius 2 is 1.83 bits per heavy atom. The Balaban J connectivity index is 1.37. The van der Waals surface area contributed by atoms with Gasteiger partial charge in [0.25, 0.3) is 5.91 Å². The minimum atomic E-state index is -4.44. The van der Waals surface area contributed by atoms with Gasteiger partial charge in [0.1, 0.15) is 17.8 Å². The van der Waals surface area contributed by atoms with Crippen LogP contribution >= 0.6 is 0 Å². The lowest BCUT2D eigenvalue weighted by Crippen LogP contribution is -2.58. The largest absolute Gasteiger partial charge is 0.404 e. The predicted octanol–water partition coefficient (Wildman–Crippen LogP) is 2.57. The maximum absolute atomic E-state index is 13.6. The van der Waals surface area contributed by atoms with E-state index in [9.17, 15) is 32.7 Å². The molecule has 3 unspecified atom stereocenters. The molecule has 1 saturated carbocycles.